The van der Waals surface area contributed by atoms with Crippen molar-refractivity contribution in [1.82, 2.24) is 9.62 Å². The Morgan fingerprint density at radius 3 is 1.75 bits per heavy atom. The number of hydrogen-bond donors (Lipinski definition) is 1. The van der Waals surface area contributed by atoms with Gasteiger partial charge in [0, 0.05) is 11.1 Å². The summed E-state index contributed by atoms with van der Waals surface area (Å²) in [5, 5.41) is -0.632. The van der Waals surface area contributed by atoms with E-state index in [-0.39, 0.29) is 10.8 Å². The number of carbonyl (C=O) groups is 1. The maximum atomic E-state index is 14.3. The molecule has 1 heterocycles. The van der Waals surface area contributed by atoms with Crippen molar-refractivity contribution in [2.75, 3.05) is 6.26 Å². The summed E-state index contributed by atoms with van der Waals surface area (Å²) in [6, 6.07) is 31.7. The van der Waals surface area contributed by atoms with Gasteiger partial charge in [0.25, 0.3) is 0 Å². The minimum absolute atomic E-state index is 0.0499. The number of carbonyl (C=O) groups excluding carboxylic acids is 1. The SMILES string of the molecule is CS[C@@H]([C@H](NS(=O)(=O)c1c(C)cc(C)cc1C)c1ccccc1)N1C(=O)OC(c2ccccc2)(c2ccccc2)[C@@H]1C(C)C. The number of amides is 1. The molecule has 44 heavy (non-hydrogen) atoms. The fraction of sp³-hybridized carbons (Fsp3) is 0.306. The number of benzene rings is 4. The highest BCUT2D eigenvalue weighted by Crippen LogP contribution is 2.50. The van der Waals surface area contributed by atoms with E-state index in [2.05, 4.69) is 18.6 Å². The first-order valence-electron chi connectivity index (χ1n) is 14.8. The molecule has 1 N–H and O–H groups in total. The van der Waals surface area contributed by atoms with Crippen molar-refractivity contribution in [3.05, 3.63) is 137 Å². The number of nitrogens with zero attached hydrogens (tertiary/aromatic N) is 1. The summed E-state index contributed by atoms with van der Waals surface area (Å²) in [5.74, 6) is -0.0499. The normalized spacial score (nSPS) is 17.8. The van der Waals surface area contributed by atoms with E-state index in [1.807, 2.05) is 130 Å². The minimum atomic E-state index is -4.00. The number of thioether (sulfide) groups is 1. The van der Waals surface area contributed by atoms with Crippen molar-refractivity contribution in [3.63, 3.8) is 0 Å². The highest BCUT2D eigenvalue weighted by Gasteiger charge is 2.60. The van der Waals surface area contributed by atoms with Gasteiger partial charge in [-0.15, -0.1) is 11.8 Å². The van der Waals surface area contributed by atoms with Gasteiger partial charge >= 0.3 is 6.09 Å². The molecule has 0 aromatic heterocycles. The zero-order chi connectivity index (χ0) is 31.6. The van der Waals surface area contributed by atoms with Gasteiger partial charge in [-0.05, 0) is 49.6 Å². The molecule has 0 saturated carbocycles. The van der Waals surface area contributed by atoms with Crippen molar-refractivity contribution in [2.24, 2.45) is 5.92 Å². The lowest BCUT2D eigenvalue weighted by molar-refractivity contribution is 0.0538. The lowest BCUT2D eigenvalue weighted by Crippen LogP contribution is -2.53. The Labute approximate surface area is 265 Å². The predicted molar refractivity (Wildman–Crippen MR) is 178 cm³/mol. The van der Waals surface area contributed by atoms with Crippen LogP contribution in [-0.4, -0.2) is 37.1 Å². The van der Waals surface area contributed by atoms with Crippen molar-refractivity contribution >= 4 is 27.9 Å². The van der Waals surface area contributed by atoms with Gasteiger partial charge in [-0.2, -0.15) is 0 Å². The summed E-state index contributed by atoms with van der Waals surface area (Å²) in [6.07, 6.45) is 1.42. The molecule has 230 valence electrons. The average Bonchev–Trinajstić information content (AvgIpc) is 3.31. The molecule has 0 unspecified atom stereocenters. The van der Waals surface area contributed by atoms with Crippen molar-refractivity contribution in [3.8, 4) is 0 Å². The quantitative estimate of drug-likeness (QED) is 0.194. The largest absolute Gasteiger partial charge is 0.431 e. The summed E-state index contributed by atoms with van der Waals surface area (Å²) < 4.78 is 38.0. The molecule has 1 amide bonds. The minimum Gasteiger partial charge on any atom is -0.431 e. The van der Waals surface area contributed by atoms with Gasteiger partial charge in [0.05, 0.1) is 17.0 Å². The number of ether oxygens (including phenoxy) is 1. The van der Waals surface area contributed by atoms with Gasteiger partial charge in [0.1, 0.15) is 5.37 Å². The second-order valence-electron chi connectivity index (χ2n) is 11.8. The average molecular weight is 629 g/mol. The zero-order valence-corrected chi connectivity index (χ0v) is 27.7. The van der Waals surface area contributed by atoms with Crippen LogP contribution in [0, 0.1) is 26.7 Å². The van der Waals surface area contributed by atoms with Crippen molar-refractivity contribution in [2.45, 2.75) is 62.6 Å². The number of sulfonamides is 1. The van der Waals surface area contributed by atoms with Gasteiger partial charge in [-0.3, -0.25) is 4.90 Å². The summed E-state index contributed by atoms with van der Waals surface area (Å²) >= 11 is 1.43. The van der Waals surface area contributed by atoms with E-state index in [0.717, 1.165) is 22.3 Å². The third-order valence-electron chi connectivity index (χ3n) is 8.33. The third kappa shape index (κ3) is 5.78. The summed E-state index contributed by atoms with van der Waals surface area (Å²) in [6.45, 7) is 9.76. The van der Waals surface area contributed by atoms with Crippen LogP contribution in [0.3, 0.4) is 0 Å². The van der Waals surface area contributed by atoms with E-state index in [1.54, 1.807) is 4.90 Å². The Morgan fingerprint density at radius 1 is 0.818 bits per heavy atom. The van der Waals surface area contributed by atoms with Crippen LogP contribution >= 0.6 is 11.8 Å². The van der Waals surface area contributed by atoms with Crippen molar-refractivity contribution in [1.29, 1.82) is 0 Å². The highest BCUT2D eigenvalue weighted by atomic mass is 32.2. The maximum absolute atomic E-state index is 14.3. The molecule has 4 aromatic rings. The van der Waals surface area contributed by atoms with E-state index < -0.39 is 39.2 Å². The molecule has 1 saturated heterocycles. The second-order valence-corrected chi connectivity index (χ2v) is 14.4. The maximum Gasteiger partial charge on any atom is 0.412 e. The van der Waals surface area contributed by atoms with Crippen LogP contribution in [0.15, 0.2) is 108 Å². The Kier molecular flexibility index (Phi) is 9.25. The Bertz CT molecular complexity index is 1650. The van der Waals surface area contributed by atoms with Gasteiger partial charge in [0.15, 0.2) is 5.60 Å². The highest BCUT2D eigenvalue weighted by molar-refractivity contribution is 7.99. The molecule has 0 spiro atoms. The van der Waals surface area contributed by atoms with Crippen LogP contribution in [0.2, 0.25) is 0 Å². The molecule has 6 nitrogen and oxygen atoms in total. The number of nitrogens with one attached hydrogen (secondary N) is 1. The van der Waals surface area contributed by atoms with E-state index >= 15 is 0 Å². The smallest absolute Gasteiger partial charge is 0.412 e. The van der Waals surface area contributed by atoms with Crippen molar-refractivity contribution < 1.29 is 17.9 Å². The Morgan fingerprint density at radius 2 is 1.30 bits per heavy atom. The summed E-state index contributed by atoms with van der Waals surface area (Å²) in [5.41, 5.74) is 3.73. The molecule has 0 aliphatic carbocycles. The monoisotopic (exact) mass is 628 g/mol. The molecule has 1 aliphatic rings. The molecule has 5 rings (SSSR count). The number of rotatable bonds is 10. The van der Waals surface area contributed by atoms with E-state index in [4.69, 9.17) is 4.74 Å². The van der Waals surface area contributed by atoms with Crippen LogP contribution in [-0.2, 0) is 20.4 Å². The van der Waals surface area contributed by atoms with Crippen LogP contribution in [0.1, 0.15) is 53.3 Å². The Balaban J connectivity index is 1.68. The van der Waals surface area contributed by atoms with Gasteiger partial charge in [-0.1, -0.05) is 123 Å². The Hall–Kier alpha value is -3.59. The lowest BCUT2D eigenvalue weighted by atomic mass is 9.75. The first-order valence-corrected chi connectivity index (χ1v) is 17.6. The summed E-state index contributed by atoms with van der Waals surface area (Å²) in [4.78, 5) is 16.3. The van der Waals surface area contributed by atoms with Crippen LogP contribution < -0.4 is 4.72 Å². The van der Waals surface area contributed by atoms with Gasteiger partial charge in [0.2, 0.25) is 10.0 Å². The molecule has 0 bridgehead atoms. The fourth-order valence-corrected chi connectivity index (χ4v) is 9.50. The number of cyclic esters (lactones) is 1. The molecule has 4 aromatic carbocycles. The molecular formula is C36H40N2O4S2. The number of hydrogen-bond acceptors (Lipinski definition) is 5. The van der Waals surface area contributed by atoms with E-state index in [9.17, 15) is 13.2 Å². The zero-order valence-electron chi connectivity index (χ0n) is 26.0. The fourth-order valence-electron chi connectivity index (χ4n) is 6.79. The van der Waals surface area contributed by atoms with Gasteiger partial charge < -0.3 is 4.74 Å². The standard InChI is InChI=1S/C36H40N2O4S2/c1-24(2)33-36(29-18-12-8-13-19-29,30-20-14-9-15-21-30)42-35(39)38(33)34(43-6)31(28-16-10-7-11-17-28)37-44(40,41)32-26(4)22-25(3)23-27(32)5/h7-24,31,33-34,37H,1-6H3/t31-,33+,34+/m1/s1. The molecular weight excluding hydrogens is 589 g/mol. The molecule has 1 aliphatic heterocycles. The predicted octanol–water partition coefficient (Wildman–Crippen LogP) is 7.74. The molecule has 0 radical (unpaired) electrons. The molecule has 1 fully saturated rings. The summed E-state index contributed by atoms with van der Waals surface area (Å²) in [7, 11) is -4.00. The lowest BCUT2D eigenvalue weighted by Gasteiger charge is -2.42. The number of aryl methyl sites for hydroxylation is 3. The van der Waals surface area contributed by atoms with E-state index in [1.165, 1.54) is 11.8 Å². The van der Waals surface area contributed by atoms with Gasteiger partial charge in [-0.25, -0.2) is 17.9 Å². The molecule has 3 atom stereocenters. The first kappa shape index (κ1) is 31.8. The van der Waals surface area contributed by atoms with E-state index in [0.29, 0.717) is 11.1 Å². The van der Waals surface area contributed by atoms with Crippen LogP contribution in [0.25, 0.3) is 0 Å². The second kappa shape index (κ2) is 12.8. The first-order chi connectivity index (χ1) is 21.0. The van der Waals surface area contributed by atoms with Crippen LogP contribution in [0.5, 0.6) is 0 Å². The third-order valence-corrected chi connectivity index (χ3v) is 11.1. The topological polar surface area (TPSA) is 75.7 Å². The molecule has 8 heteroatoms. The van der Waals surface area contributed by atoms with Crippen LogP contribution in [0.4, 0.5) is 4.79 Å².